The molecule has 1 fully saturated rings. The topological polar surface area (TPSA) is 12.5 Å². The van der Waals surface area contributed by atoms with Gasteiger partial charge in [-0.25, -0.2) is 0 Å². The molecule has 0 aromatic heterocycles. The molecule has 1 atom stereocenters. The van der Waals surface area contributed by atoms with E-state index in [1.165, 1.54) is 0 Å². The molecule has 0 radical (unpaired) electrons. The van der Waals surface area contributed by atoms with Crippen molar-refractivity contribution in [3.8, 4) is 0 Å². The molecule has 0 aromatic carbocycles. The van der Waals surface area contributed by atoms with Gasteiger partial charge in [-0.1, -0.05) is 13.8 Å². The molecular weight excluding hydrogens is 195 g/mol. The van der Waals surface area contributed by atoms with Crippen molar-refractivity contribution >= 4 is 0 Å². The molecule has 1 saturated heterocycles. The van der Waals surface area contributed by atoms with Crippen LogP contribution in [-0.2, 0) is 4.74 Å². The molecule has 0 aliphatic carbocycles. The average Bonchev–Trinajstić information content (AvgIpc) is 2.01. The van der Waals surface area contributed by atoms with Crippen molar-refractivity contribution in [2.45, 2.75) is 26.1 Å². The van der Waals surface area contributed by atoms with E-state index in [1.807, 2.05) is 18.7 Å². The van der Waals surface area contributed by atoms with Crippen LogP contribution in [0.5, 0.6) is 0 Å². The van der Waals surface area contributed by atoms with Gasteiger partial charge in [0.25, 0.3) is 0 Å². The Morgan fingerprint density at radius 2 is 2.07 bits per heavy atom. The summed E-state index contributed by atoms with van der Waals surface area (Å²) in [4.78, 5) is 1.81. The summed E-state index contributed by atoms with van der Waals surface area (Å²) >= 11 is 0. The van der Waals surface area contributed by atoms with E-state index in [-0.39, 0.29) is 13.2 Å². The van der Waals surface area contributed by atoms with Crippen molar-refractivity contribution in [2.75, 3.05) is 26.2 Å². The molecule has 1 heterocycles. The fraction of sp³-hybridized carbons (Fsp3) is 1.00. The quantitative estimate of drug-likeness (QED) is 0.691. The monoisotopic (exact) mass is 211 g/mol. The molecule has 1 rings (SSSR count). The zero-order valence-corrected chi connectivity index (χ0v) is 8.47. The standard InChI is InChI=1S/C9H16F3NO/c1-7(2)5-13-3-4-14-8(6-13)9(10,11)12/h7-8H,3-6H2,1-2H3/t8-/m0/s1. The van der Waals surface area contributed by atoms with E-state index in [2.05, 4.69) is 4.74 Å². The second-order valence-corrected chi connectivity index (χ2v) is 4.05. The largest absolute Gasteiger partial charge is 0.415 e. The summed E-state index contributed by atoms with van der Waals surface area (Å²) in [6.07, 6.45) is -5.83. The SMILES string of the molecule is CC(C)CN1CCO[C@H](C(F)(F)F)C1. The van der Waals surface area contributed by atoms with Crippen LogP contribution in [0.2, 0.25) is 0 Å². The maximum absolute atomic E-state index is 12.3. The van der Waals surface area contributed by atoms with E-state index in [1.54, 1.807) is 0 Å². The molecule has 0 saturated carbocycles. The van der Waals surface area contributed by atoms with E-state index in [0.717, 1.165) is 0 Å². The van der Waals surface area contributed by atoms with Gasteiger partial charge < -0.3 is 4.74 Å². The molecule has 0 unspecified atom stereocenters. The Balaban J connectivity index is 2.44. The second-order valence-electron chi connectivity index (χ2n) is 4.05. The molecule has 1 aliphatic rings. The van der Waals surface area contributed by atoms with Crippen molar-refractivity contribution in [1.82, 2.24) is 4.90 Å². The van der Waals surface area contributed by atoms with Gasteiger partial charge >= 0.3 is 6.18 Å². The normalized spacial score (nSPS) is 25.7. The lowest BCUT2D eigenvalue weighted by Crippen LogP contribution is -2.49. The summed E-state index contributed by atoms with van der Waals surface area (Å²) in [5.41, 5.74) is 0. The predicted octanol–water partition coefficient (Wildman–Crippen LogP) is 1.91. The molecule has 0 bridgehead atoms. The highest BCUT2D eigenvalue weighted by molar-refractivity contribution is 4.77. The predicted molar refractivity (Wildman–Crippen MR) is 47.1 cm³/mol. The van der Waals surface area contributed by atoms with Gasteiger partial charge in [-0.15, -0.1) is 0 Å². The van der Waals surface area contributed by atoms with Gasteiger partial charge in [-0.3, -0.25) is 4.90 Å². The molecule has 2 nitrogen and oxygen atoms in total. The first-order chi connectivity index (χ1) is 6.39. The summed E-state index contributed by atoms with van der Waals surface area (Å²) < 4.78 is 41.6. The Hall–Kier alpha value is -0.290. The third-order valence-corrected chi connectivity index (χ3v) is 2.14. The summed E-state index contributed by atoms with van der Waals surface area (Å²) in [6, 6.07) is 0. The van der Waals surface area contributed by atoms with E-state index in [9.17, 15) is 13.2 Å². The van der Waals surface area contributed by atoms with Gasteiger partial charge in [0.1, 0.15) is 0 Å². The lowest BCUT2D eigenvalue weighted by molar-refractivity contribution is -0.237. The molecule has 84 valence electrons. The van der Waals surface area contributed by atoms with Crippen LogP contribution in [0.25, 0.3) is 0 Å². The van der Waals surface area contributed by atoms with Gasteiger partial charge in [0.15, 0.2) is 6.10 Å². The number of rotatable bonds is 2. The number of halogens is 3. The third kappa shape index (κ3) is 3.46. The average molecular weight is 211 g/mol. The molecular formula is C9H16F3NO. The van der Waals surface area contributed by atoms with Crippen molar-refractivity contribution in [3.63, 3.8) is 0 Å². The summed E-state index contributed by atoms with van der Waals surface area (Å²) in [7, 11) is 0. The van der Waals surface area contributed by atoms with Crippen molar-refractivity contribution in [2.24, 2.45) is 5.92 Å². The molecule has 0 amide bonds. The fourth-order valence-corrected chi connectivity index (χ4v) is 1.58. The summed E-state index contributed by atoms with van der Waals surface area (Å²) in [5, 5.41) is 0. The number of alkyl halides is 3. The highest BCUT2D eigenvalue weighted by atomic mass is 19.4. The van der Waals surface area contributed by atoms with Crippen LogP contribution < -0.4 is 0 Å². The van der Waals surface area contributed by atoms with Crippen LogP contribution in [0.15, 0.2) is 0 Å². The molecule has 5 heteroatoms. The lowest BCUT2D eigenvalue weighted by atomic mass is 10.2. The van der Waals surface area contributed by atoms with E-state index >= 15 is 0 Å². The lowest BCUT2D eigenvalue weighted by Gasteiger charge is -2.34. The summed E-state index contributed by atoms with van der Waals surface area (Å²) in [5.74, 6) is 0.391. The van der Waals surface area contributed by atoms with Crippen molar-refractivity contribution in [3.05, 3.63) is 0 Å². The van der Waals surface area contributed by atoms with Crippen molar-refractivity contribution < 1.29 is 17.9 Å². The maximum atomic E-state index is 12.3. The van der Waals surface area contributed by atoms with E-state index < -0.39 is 12.3 Å². The molecule has 0 aromatic rings. The minimum atomic E-state index is -4.23. The van der Waals surface area contributed by atoms with E-state index in [4.69, 9.17) is 0 Å². The Labute approximate surface area is 82.0 Å². The van der Waals surface area contributed by atoms with Gasteiger partial charge in [-0.2, -0.15) is 13.2 Å². The molecule has 0 spiro atoms. The molecule has 1 aliphatic heterocycles. The first-order valence-electron chi connectivity index (χ1n) is 4.80. The first-order valence-corrected chi connectivity index (χ1v) is 4.80. The number of hydrogen-bond acceptors (Lipinski definition) is 2. The van der Waals surface area contributed by atoms with Crippen LogP contribution >= 0.6 is 0 Å². The number of nitrogens with zero attached hydrogens (tertiary/aromatic N) is 1. The van der Waals surface area contributed by atoms with Gasteiger partial charge in [-0.05, 0) is 5.92 Å². The second kappa shape index (κ2) is 4.49. The third-order valence-electron chi connectivity index (χ3n) is 2.14. The Morgan fingerprint density at radius 3 is 2.57 bits per heavy atom. The van der Waals surface area contributed by atoms with Crippen LogP contribution in [0.3, 0.4) is 0 Å². The maximum Gasteiger partial charge on any atom is 0.415 e. The molecule has 14 heavy (non-hydrogen) atoms. The smallest absolute Gasteiger partial charge is 0.366 e. The Kier molecular flexibility index (Phi) is 3.78. The highest BCUT2D eigenvalue weighted by Gasteiger charge is 2.43. The number of hydrogen-bond donors (Lipinski definition) is 0. The summed E-state index contributed by atoms with van der Waals surface area (Å²) in [6.45, 7) is 5.45. The first kappa shape index (κ1) is 11.8. The van der Waals surface area contributed by atoms with Crippen LogP contribution in [0, 0.1) is 5.92 Å². The van der Waals surface area contributed by atoms with Crippen LogP contribution in [0.1, 0.15) is 13.8 Å². The number of ether oxygens (including phenoxy) is 1. The fourth-order valence-electron chi connectivity index (χ4n) is 1.58. The minimum Gasteiger partial charge on any atom is -0.366 e. The van der Waals surface area contributed by atoms with Crippen LogP contribution in [0.4, 0.5) is 13.2 Å². The van der Waals surface area contributed by atoms with Gasteiger partial charge in [0.2, 0.25) is 0 Å². The zero-order valence-electron chi connectivity index (χ0n) is 8.47. The minimum absolute atomic E-state index is 0.0261. The zero-order chi connectivity index (χ0) is 10.8. The van der Waals surface area contributed by atoms with Gasteiger partial charge in [0.05, 0.1) is 6.61 Å². The van der Waals surface area contributed by atoms with Gasteiger partial charge in [0, 0.05) is 19.6 Å². The highest BCUT2D eigenvalue weighted by Crippen LogP contribution is 2.25. The van der Waals surface area contributed by atoms with E-state index in [0.29, 0.717) is 19.0 Å². The molecule has 0 N–H and O–H groups in total. The Morgan fingerprint density at radius 1 is 1.43 bits per heavy atom. The Bertz CT molecular complexity index is 181. The van der Waals surface area contributed by atoms with Crippen LogP contribution in [-0.4, -0.2) is 43.4 Å². The number of morpholine rings is 1. The van der Waals surface area contributed by atoms with Crippen molar-refractivity contribution in [1.29, 1.82) is 0 Å².